The summed E-state index contributed by atoms with van der Waals surface area (Å²) in [5, 5.41) is 7.65. The van der Waals surface area contributed by atoms with Crippen molar-refractivity contribution in [2.75, 3.05) is 14.2 Å². The number of oxime groups is 2. The van der Waals surface area contributed by atoms with E-state index in [-0.39, 0.29) is 23.8 Å². The summed E-state index contributed by atoms with van der Waals surface area (Å²) in [7, 11) is 2.56. The monoisotopic (exact) mass is 444 g/mol. The van der Waals surface area contributed by atoms with E-state index in [0.717, 1.165) is 0 Å². The average molecular weight is 444 g/mol. The lowest BCUT2D eigenvalue weighted by Gasteiger charge is -2.09. The minimum absolute atomic E-state index is 0.0110. The van der Waals surface area contributed by atoms with Crippen LogP contribution in [0.4, 0.5) is 8.78 Å². The van der Waals surface area contributed by atoms with E-state index in [0.29, 0.717) is 22.4 Å². The van der Waals surface area contributed by atoms with Crippen LogP contribution in [-0.4, -0.2) is 37.9 Å². The van der Waals surface area contributed by atoms with E-state index in [9.17, 15) is 13.6 Å². The Kier molecular flexibility index (Phi) is 6.90. The molecule has 0 radical (unpaired) electrons. The predicted octanol–water partition coefficient (Wildman–Crippen LogP) is 3.48. The zero-order valence-electron chi connectivity index (χ0n) is 17.3. The molecule has 0 N–H and O–H groups in total. The second-order valence-electron chi connectivity index (χ2n) is 6.30. The molecule has 0 saturated heterocycles. The van der Waals surface area contributed by atoms with Gasteiger partial charge in [0.15, 0.2) is 17.2 Å². The highest BCUT2D eigenvalue weighted by Crippen LogP contribution is 2.41. The van der Waals surface area contributed by atoms with Crippen molar-refractivity contribution >= 4 is 17.4 Å². The van der Waals surface area contributed by atoms with Crippen LogP contribution in [0.15, 0.2) is 52.8 Å². The maximum atomic E-state index is 13.1. The number of esters is 1. The third-order valence-corrected chi connectivity index (χ3v) is 4.04. The summed E-state index contributed by atoms with van der Waals surface area (Å²) in [5.74, 6) is 4.72. The fourth-order valence-corrected chi connectivity index (χ4v) is 2.67. The molecular weight excluding hydrogens is 426 g/mol. The van der Waals surface area contributed by atoms with Crippen LogP contribution in [0.2, 0.25) is 0 Å². The van der Waals surface area contributed by atoms with Crippen LogP contribution >= 0.6 is 0 Å². The van der Waals surface area contributed by atoms with Gasteiger partial charge in [-0.2, -0.15) is 0 Å². The first-order chi connectivity index (χ1) is 15.3. The van der Waals surface area contributed by atoms with Crippen molar-refractivity contribution in [3.63, 3.8) is 0 Å². The van der Waals surface area contributed by atoms with Gasteiger partial charge in [-0.3, -0.25) is 0 Å². The Morgan fingerprint density at radius 1 is 1.09 bits per heavy atom. The van der Waals surface area contributed by atoms with Gasteiger partial charge in [-0.1, -0.05) is 40.5 Å². The molecule has 1 heterocycles. The van der Waals surface area contributed by atoms with Gasteiger partial charge in [-0.05, 0) is 25.0 Å². The molecule has 0 aromatic heterocycles. The van der Waals surface area contributed by atoms with E-state index < -0.39 is 12.3 Å². The van der Waals surface area contributed by atoms with Gasteiger partial charge in [0.05, 0.1) is 7.11 Å². The molecule has 0 bridgehead atoms. The van der Waals surface area contributed by atoms with Gasteiger partial charge in [0.25, 0.3) is 0 Å². The number of carbonyl (C=O) groups excluding carboxylic acids is 1. The number of carbonyl (C=O) groups is 1. The highest BCUT2D eigenvalue weighted by atomic mass is 19.3. The Morgan fingerprint density at radius 3 is 2.59 bits per heavy atom. The van der Waals surface area contributed by atoms with Crippen molar-refractivity contribution in [1.29, 1.82) is 0 Å². The largest absolute Gasteiger partial charge is 0.586 e. The summed E-state index contributed by atoms with van der Waals surface area (Å²) in [4.78, 5) is 22.1. The normalized spacial score (nSPS) is 14.3. The van der Waals surface area contributed by atoms with E-state index in [1.165, 1.54) is 32.4 Å². The summed E-state index contributed by atoms with van der Waals surface area (Å²) in [6.45, 7) is 1.64. The van der Waals surface area contributed by atoms with Crippen LogP contribution in [0, 0.1) is 11.8 Å². The lowest BCUT2D eigenvalue weighted by atomic mass is 10.0. The molecule has 0 spiro atoms. The molecule has 0 fully saturated rings. The number of nitrogens with zero attached hydrogens (tertiary/aromatic N) is 2. The Bertz CT molecular complexity index is 1130. The third-order valence-electron chi connectivity index (χ3n) is 4.04. The molecular formula is C22H18F2N2O6. The minimum Gasteiger partial charge on any atom is -0.464 e. The Labute approximate surface area is 182 Å². The SMILES string of the molecule is CO/N=C(/C(=O)OC)c1ccccc1CO/N=C(\C)C#Cc1ccc2c(c1)OC(F)(F)O2. The van der Waals surface area contributed by atoms with Crippen molar-refractivity contribution in [1.82, 2.24) is 0 Å². The summed E-state index contributed by atoms with van der Waals surface area (Å²) in [6, 6.07) is 11.1. The number of halogens is 2. The fourth-order valence-electron chi connectivity index (χ4n) is 2.67. The summed E-state index contributed by atoms with van der Waals surface area (Å²) < 4.78 is 39.7. The van der Waals surface area contributed by atoms with Crippen LogP contribution in [0.5, 0.6) is 11.5 Å². The first-order valence-electron chi connectivity index (χ1n) is 9.19. The van der Waals surface area contributed by atoms with E-state index >= 15 is 0 Å². The third kappa shape index (κ3) is 5.51. The van der Waals surface area contributed by atoms with Gasteiger partial charge in [0, 0.05) is 22.8 Å². The number of ether oxygens (including phenoxy) is 3. The van der Waals surface area contributed by atoms with Crippen molar-refractivity contribution < 1.29 is 37.5 Å². The number of rotatable bonds is 6. The van der Waals surface area contributed by atoms with Crippen LogP contribution in [0.25, 0.3) is 0 Å². The van der Waals surface area contributed by atoms with Crippen LogP contribution in [0.3, 0.4) is 0 Å². The van der Waals surface area contributed by atoms with Gasteiger partial charge >= 0.3 is 12.3 Å². The molecule has 0 unspecified atom stereocenters. The quantitative estimate of drug-likeness (QED) is 0.293. The maximum absolute atomic E-state index is 13.1. The average Bonchev–Trinajstić information content (AvgIpc) is 3.09. The molecule has 0 aliphatic carbocycles. The molecule has 0 atom stereocenters. The zero-order valence-corrected chi connectivity index (χ0v) is 17.3. The standard InChI is InChI=1S/C22H18F2N2O6/c1-14(8-9-15-10-11-18-19(12-15)32-22(23,24)31-18)25-30-13-16-6-4-5-7-17(16)20(26-29-3)21(27)28-2/h4-7,10-12H,13H2,1-3H3/b25-14+,26-20+. The van der Waals surface area contributed by atoms with Crippen molar-refractivity contribution in [3.8, 4) is 23.3 Å². The summed E-state index contributed by atoms with van der Waals surface area (Å²) >= 11 is 0. The first-order valence-corrected chi connectivity index (χ1v) is 9.19. The van der Waals surface area contributed by atoms with Gasteiger partial charge < -0.3 is 23.9 Å². The highest BCUT2D eigenvalue weighted by molar-refractivity contribution is 6.43. The Balaban J connectivity index is 1.68. The molecule has 2 aromatic carbocycles. The zero-order chi connectivity index (χ0) is 23.1. The minimum atomic E-state index is -3.68. The van der Waals surface area contributed by atoms with E-state index in [1.54, 1.807) is 31.2 Å². The number of fused-ring (bicyclic) bond motifs is 1. The van der Waals surface area contributed by atoms with E-state index in [1.807, 2.05) is 0 Å². The second-order valence-corrected chi connectivity index (χ2v) is 6.30. The number of hydrogen-bond acceptors (Lipinski definition) is 8. The van der Waals surface area contributed by atoms with Crippen molar-refractivity contribution in [2.45, 2.75) is 19.8 Å². The van der Waals surface area contributed by atoms with E-state index in [2.05, 4.69) is 31.6 Å². The van der Waals surface area contributed by atoms with Crippen LogP contribution in [0.1, 0.15) is 23.6 Å². The van der Waals surface area contributed by atoms with Crippen molar-refractivity contribution in [3.05, 3.63) is 59.2 Å². The van der Waals surface area contributed by atoms with Gasteiger partial charge in [-0.25, -0.2) is 4.79 Å². The van der Waals surface area contributed by atoms with Crippen LogP contribution in [-0.2, 0) is 25.8 Å². The topological polar surface area (TPSA) is 87.9 Å². The van der Waals surface area contributed by atoms with Gasteiger partial charge in [0.2, 0.25) is 0 Å². The molecule has 10 heteroatoms. The van der Waals surface area contributed by atoms with E-state index in [4.69, 9.17) is 14.4 Å². The molecule has 32 heavy (non-hydrogen) atoms. The van der Waals surface area contributed by atoms with Crippen molar-refractivity contribution in [2.24, 2.45) is 10.3 Å². The van der Waals surface area contributed by atoms with Crippen LogP contribution < -0.4 is 9.47 Å². The summed E-state index contributed by atoms with van der Waals surface area (Å²) in [5.41, 5.74) is 1.85. The maximum Gasteiger partial charge on any atom is 0.586 e. The number of alkyl halides is 2. The fraction of sp³-hybridized carbons (Fsp3) is 0.227. The first kappa shape index (κ1) is 22.6. The second kappa shape index (κ2) is 9.78. The molecule has 0 amide bonds. The number of hydrogen-bond donors (Lipinski definition) is 0. The number of benzene rings is 2. The molecule has 1 aliphatic rings. The Hall–Kier alpha value is -4.13. The van der Waals surface area contributed by atoms with Gasteiger partial charge in [0.1, 0.15) is 19.4 Å². The number of methoxy groups -OCH3 is 1. The molecule has 3 rings (SSSR count). The lowest BCUT2D eigenvalue weighted by molar-refractivity contribution is -0.286. The Morgan fingerprint density at radius 2 is 1.84 bits per heavy atom. The molecule has 166 valence electrons. The smallest absolute Gasteiger partial charge is 0.464 e. The molecule has 0 saturated carbocycles. The lowest BCUT2D eigenvalue weighted by Crippen LogP contribution is -2.25. The summed E-state index contributed by atoms with van der Waals surface area (Å²) in [6.07, 6.45) is -3.68. The molecule has 8 nitrogen and oxygen atoms in total. The highest BCUT2D eigenvalue weighted by Gasteiger charge is 2.43. The molecule has 1 aliphatic heterocycles. The van der Waals surface area contributed by atoms with Gasteiger partial charge in [-0.15, -0.1) is 8.78 Å². The molecule has 2 aromatic rings. The predicted molar refractivity (Wildman–Crippen MR) is 109 cm³/mol.